The predicted molar refractivity (Wildman–Crippen MR) is 92.9 cm³/mol. The molecule has 0 saturated heterocycles. The third-order valence-electron chi connectivity index (χ3n) is 5.17. The molecule has 4 nitrogen and oxygen atoms in total. The molecule has 0 aromatic carbocycles. The Morgan fingerprint density at radius 1 is 1.13 bits per heavy atom. The van der Waals surface area contributed by atoms with Gasteiger partial charge in [0, 0.05) is 13.0 Å². The lowest BCUT2D eigenvalue weighted by Crippen LogP contribution is -2.47. The molecule has 0 N–H and O–H groups in total. The molecule has 134 valence electrons. The molecule has 1 saturated carbocycles. The van der Waals surface area contributed by atoms with E-state index in [1.54, 1.807) is 18.9 Å². The SMILES string of the molecule is CC(C)COC(=O)[C@@H](C)N(C)C(=O)[C@@H]1C[C@H](C)CC[C@H]1C(C)C. The summed E-state index contributed by atoms with van der Waals surface area (Å²) in [6.07, 6.45) is 3.23. The molecule has 0 aliphatic heterocycles. The zero-order valence-corrected chi connectivity index (χ0v) is 16.0. The molecular weight excluding hydrogens is 290 g/mol. The van der Waals surface area contributed by atoms with Gasteiger partial charge in [0.05, 0.1) is 6.61 Å². The van der Waals surface area contributed by atoms with Gasteiger partial charge in [-0.05, 0) is 43.4 Å². The minimum absolute atomic E-state index is 0.0316. The van der Waals surface area contributed by atoms with Gasteiger partial charge in [-0.25, -0.2) is 4.79 Å². The smallest absolute Gasteiger partial charge is 0.328 e. The molecule has 0 aromatic rings. The highest BCUT2D eigenvalue weighted by Crippen LogP contribution is 2.39. The van der Waals surface area contributed by atoms with E-state index >= 15 is 0 Å². The highest BCUT2D eigenvalue weighted by atomic mass is 16.5. The first-order valence-corrected chi connectivity index (χ1v) is 9.08. The zero-order valence-electron chi connectivity index (χ0n) is 16.0. The molecule has 4 atom stereocenters. The normalized spacial score (nSPS) is 26.2. The van der Waals surface area contributed by atoms with Crippen molar-refractivity contribution in [3.05, 3.63) is 0 Å². The Kier molecular flexibility index (Phi) is 7.56. The second kappa shape index (κ2) is 8.70. The van der Waals surface area contributed by atoms with Crippen LogP contribution in [-0.2, 0) is 14.3 Å². The standard InChI is InChI=1S/C19H35NO3/c1-12(2)11-23-19(22)15(6)20(7)18(21)17-10-14(5)8-9-16(17)13(3)4/h12-17H,8-11H2,1-7H3/t14-,15-,16+,17-/m1/s1. The Balaban J connectivity index is 2.74. The Bertz CT molecular complexity index is 405. The summed E-state index contributed by atoms with van der Waals surface area (Å²) in [5, 5.41) is 0. The maximum Gasteiger partial charge on any atom is 0.328 e. The van der Waals surface area contributed by atoms with E-state index in [0.717, 1.165) is 12.8 Å². The Morgan fingerprint density at radius 2 is 1.74 bits per heavy atom. The average Bonchev–Trinajstić information content (AvgIpc) is 2.49. The molecule has 0 unspecified atom stereocenters. The lowest BCUT2D eigenvalue weighted by molar-refractivity contribution is -0.157. The van der Waals surface area contributed by atoms with Gasteiger partial charge >= 0.3 is 5.97 Å². The van der Waals surface area contributed by atoms with Crippen molar-refractivity contribution in [3.63, 3.8) is 0 Å². The number of carbonyl (C=O) groups is 2. The summed E-state index contributed by atoms with van der Waals surface area (Å²) in [6.45, 7) is 12.8. The van der Waals surface area contributed by atoms with Gasteiger partial charge in [0.1, 0.15) is 6.04 Å². The minimum atomic E-state index is -0.522. The van der Waals surface area contributed by atoms with Crippen molar-refractivity contribution >= 4 is 11.9 Å². The van der Waals surface area contributed by atoms with E-state index in [0.29, 0.717) is 30.3 Å². The lowest BCUT2D eigenvalue weighted by Gasteiger charge is -2.39. The van der Waals surface area contributed by atoms with Crippen LogP contribution in [0.25, 0.3) is 0 Å². The Labute approximate surface area is 141 Å². The number of ether oxygens (including phenoxy) is 1. The third kappa shape index (κ3) is 5.50. The molecule has 0 heterocycles. The number of esters is 1. The molecule has 0 spiro atoms. The van der Waals surface area contributed by atoms with Crippen LogP contribution >= 0.6 is 0 Å². The molecule has 23 heavy (non-hydrogen) atoms. The first-order valence-electron chi connectivity index (χ1n) is 9.08. The van der Waals surface area contributed by atoms with Crippen LogP contribution in [0.2, 0.25) is 0 Å². The summed E-state index contributed by atoms with van der Waals surface area (Å²) >= 11 is 0. The van der Waals surface area contributed by atoms with E-state index < -0.39 is 6.04 Å². The maximum absolute atomic E-state index is 13.0. The maximum atomic E-state index is 13.0. The fourth-order valence-corrected chi connectivity index (χ4v) is 3.47. The molecule has 0 aromatic heterocycles. The van der Waals surface area contributed by atoms with E-state index in [4.69, 9.17) is 4.74 Å². The molecule has 0 radical (unpaired) electrons. The van der Waals surface area contributed by atoms with Crippen LogP contribution in [0.4, 0.5) is 0 Å². The van der Waals surface area contributed by atoms with E-state index in [1.807, 2.05) is 13.8 Å². The molecule has 1 aliphatic carbocycles. The van der Waals surface area contributed by atoms with Crippen LogP contribution in [0.1, 0.15) is 60.8 Å². The first-order chi connectivity index (χ1) is 10.6. The van der Waals surface area contributed by atoms with Gasteiger partial charge in [-0.3, -0.25) is 4.79 Å². The Morgan fingerprint density at radius 3 is 2.26 bits per heavy atom. The summed E-state index contributed by atoms with van der Waals surface area (Å²) in [5.41, 5.74) is 0. The summed E-state index contributed by atoms with van der Waals surface area (Å²) in [4.78, 5) is 26.7. The highest BCUT2D eigenvalue weighted by molar-refractivity contribution is 5.85. The monoisotopic (exact) mass is 325 g/mol. The topological polar surface area (TPSA) is 46.6 Å². The van der Waals surface area contributed by atoms with Gasteiger partial charge < -0.3 is 9.64 Å². The van der Waals surface area contributed by atoms with Crippen LogP contribution in [-0.4, -0.2) is 36.5 Å². The number of rotatable bonds is 6. The van der Waals surface area contributed by atoms with Crippen molar-refractivity contribution in [2.24, 2.45) is 29.6 Å². The fraction of sp³-hybridized carbons (Fsp3) is 0.895. The van der Waals surface area contributed by atoms with Gasteiger partial charge in [-0.15, -0.1) is 0 Å². The second-order valence-corrected chi connectivity index (χ2v) is 8.08. The van der Waals surface area contributed by atoms with Crippen LogP contribution in [0.3, 0.4) is 0 Å². The number of hydrogen-bond acceptors (Lipinski definition) is 3. The number of amides is 1. The largest absolute Gasteiger partial charge is 0.464 e. The van der Waals surface area contributed by atoms with Gasteiger partial charge in [-0.2, -0.15) is 0 Å². The molecule has 0 bridgehead atoms. The van der Waals surface area contributed by atoms with Crippen molar-refractivity contribution in [1.82, 2.24) is 4.90 Å². The predicted octanol–water partition coefficient (Wildman–Crippen LogP) is 3.74. The van der Waals surface area contributed by atoms with Gasteiger partial charge in [0.25, 0.3) is 0 Å². The summed E-state index contributed by atoms with van der Waals surface area (Å²) in [7, 11) is 1.74. The average molecular weight is 325 g/mol. The van der Waals surface area contributed by atoms with E-state index in [1.165, 1.54) is 6.42 Å². The van der Waals surface area contributed by atoms with Crippen molar-refractivity contribution in [2.75, 3.05) is 13.7 Å². The van der Waals surface area contributed by atoms with Crippen molar-refractivity contribution in [1.29, 1.82) is 0 Å². The fourth-order valence-electron chi connectivity index (χ4n) is 3.47. The summed E-state index contributed by atoms with van der Waals surface area (Å²) < 4.78 is 5.29. The zero-order chi connectivity index (χ0) is 17.7. The van der Waals surface area contributed by atoms with Gasteiger partial charge in [0.2, 0.25) is 5.91 Å². The summed E-state index contributed by atoms with van der Waals surface area (Å²) in [6, 6.07) is -0.522. The molecule has 1 rings (SSSR count). The van der Waals surface area contributed by atoms with Crippen LogP contribution in [0.5, 0.6) is 0 Å². The van der Waals surface area contributed by atoms with E-state index in [9.17, 15) is 9.59 Å². The van der Waals surface area contributed by atoms with Crippen LogP contribution in [0.15, 0.2) is 0 Å². The molecule has 1 fully saturated rings. The third-order valence-corrected chi connectivity index (χ3v) is 5.17. The van der Waals surface area contributed by atoms with Crippen LogP contribution in [0, 0.1) is 29.6 Å². The van der Waals surface area contributed by atoms with Crippen molar-refractivity contribution < 1.29 is 14.3 Å². The van der Waals surface area contributed by atoms with Crippen molar-refractivity contribution in [2.45, 2.75) is 66.8 Å². The minimum Gasteiger partial charge on any atom is -0.464 e. The summed E-state index contributed by atoms with van der Waals surface area (Å²) in [5.74, 6) is 1.62. The van der Waals surface area contributed by atoms with Crippen molar-refractivity contribution in [3.8, 4) is 0 Å². The number of hydrogen-bond donors (Lipinski definition) is 0. The molecular formula is C19H35NO3. The molecule has 4 heteroatoms. The molecule has 1 amide bonds. The van der Waals surface area contributed by atoms with E-state index in [2.05, 4.69) is 20.8 Å². The highest BCUT2D eigenvalue weighted by Gasteiger charge is 2.38. The Hall–Kier alpha value is -1.06. The number of nitrogens with zero attached hydrogens (tertiary/aromatic N) is 1. The van der Waals surface area contributed by atoms with Gasteiger partial charge in [-0.1, -0.05) is 41.0 Å². The van der Waals surface area contributed by atoms with Gasteiger partial charge in [0.15, 0.2) is 0 Å². The molecule has 1 aliphatic rings. The number of likely N-dealkylation sites (N-methyl/N-ethyl adjacent to an activating group) is 1. The second-order valence-electron chi connectivity index (χ2n) is 8.08. The van der Waals surface area contributed by atoms with E-state index in [-0.39, 0.29) is 17.8 Å². The first kappa shape index (κ1) is 20.0. The quantitative estimate of drug-likeness (QED) is 0.699. The lowest BCUT2D eigenvalue weighted by atomic mass is 9.69. The number of carbonyl (C=O) groups excluding carboxylic acids is 2. The van der Waals surface area contributed by atoms with Crippen LogP contribution < -0.4 is 0 Å².